The predicted molar refractivity (Wildman–Crippen MR) is 54.7 cm³/mol. The van der Waals surface area contributed by atoms with E-state index in [1.807, 2.05) is 6.07 Å². The largest absolute Gasteiger partial charge is 0.421 e. The molecular formula is C10H11N3O2+. The Balaban J connectivity index is 2.45. The molecule has 3 amide bonds. The first-order valence-corrected chi connectivity index (χ1v) is 4.58. The third kappa shape index (κ3) is 1.46. The van der Waals surface area contributed by atoms with E-state index in [2.05, 4.69) is 5.32 Å². The van der Waals surface area contributed by atoms with E-state index < -0.39 is 6.03 Å². The Morgan fingerprint density at radius 1 is 1.33 bits per heavy atom. The minimum Gasteiger partial charge on any atom is -0.319 e. The molecule has 0 bridgehead atoms. The molecule has 0 aliphatic carbocycles. The maximum absolute atomic E-state index is 11.5. The molecule has 1 saturated heterocycles. The van der Waals surface area contributed by atoms with Gasteiger partial charge < -0.3 is 5.73 Å². The Labute approximate surface area is 87.1 Å². The van der Waals surface area contributed by atoms with Crippen molar-refractivity contribution in [3.05, 3.63) is 30.3 Å². The molecule has 1 aromatic carbocycles. The van der Waals surface area contributed by atoms with Crippen LogP contribution in [-0.2, 0) is 4.79 Å². The normalized spacial score (nSPS) is 24.9. The zero-order chi connectivity index (χ0) is 10.9. The molecule has 0 saturated carbocycles. The minimum absolute atomic E-state index is 0.0271. The lowest BCUT2D eigenvalue weighted by Crippen LogP contribution is -2.55. The Morgan fingerprint density at radius 2 is 2.00 bits per heavy atom. The molecular weight excluding hydrogens is 194 g/mol. The van der Waals surface area contributed by atoms with Crippen molar-refractivity contribution in [3.8, 4) is 0 Å². The first-order valence-electron chi connectivity index (χ1n) is 4.58. The summed E-state index contributed by atoms with van der Waals surface area (Å²) in [4.78, 5) is 22.6. The van der Waals surface area contributed by atoms with E-state index in [9.17, 15) is 9.59 Å². The lowest BCUT2D eigenvalue weighted by Gasteiger charge is -2.25. The van der Waals surface area contributed by atoms with Gasteiger partial charge in [0, 0.05) is 0 Å². The van der Waals surface area contributed by atoms with Gasteiger partial charge in [0.25, 0.3) is 0 Å². The zero-order valence-corrected chi connectivity index (χ0v) is 8.09. The Bertz CT molecular complexity index is 404. The summed E-state index contributed by atoms with van der Waals surface area (Å²) in [5.41, 5.74) is 6.06. The van der Waals surface area contributed by atoms with Crippen molar-refractivity contribution >= 4 is 17.6 Å². The molecule has 1 aromatic rings. The van der Waals surface area contributed by atoms with Crippen LogP contribution in [0.25, 0.3) is 0 Å². The fourth-order valence-electron chi connectivity index (χ4n) is 1.69. The summed E-state index contributed by atoms with van der Waals surface area (Å²) in [5, 5.41) is 3.72. The smallest absolute Gasteiger partial charge is 0.319 e. The van der Waals surface area contributed by atoms with E-state index in [-0.39, 0.29) is 23.6 Å². The van der Waals surface area contributed by atoms with Crippen LogP contribution in [0.4, 0.5) is 10.5 Å². The van der Waals surface area contributed by atoms with Crippen molar-refractivity contribution in [1.29, 1.82) is 0 Å². The molecule has 5 nitrogen and oxygen atoms in total. The van der Waals surface area contributed by atoms with Crippen LogP contribution in [-0.4, -0.2) is 25.2 Å². The monoisotopic (exact) mass is 205 g/mol. The molecule has 1 unspecified atom stereocenters. The van der Waals surface area contributed by atoms with Crippen LogP contribution in [0.3, 0.4) is 0 Å². The number of quaternary nitrogens is 1. The number of para-hydroxylation sites is 1. The van der Waals surface area contributed by atoms with Gasteiger partial charge in [-0.25, -0.2) is 4.79 Å². The number of rotatable bonds is 1. The molecule has 1 atom stereocenters. The molecule has 5 heteroatoms. The lowest BCUT2D eigenvalue weighted by molar-refractivity contribution is -0.118. The summed E-state index contributed by atoms with van der Waals surface area (Å²) in [5.74, 6) is -0.280. The number of hydrogen-bond acceptors (Lipinski definition) is 2. The van der Waals surface area contributed by atoms with E-state index in [4.69, 9.17) is 5.73 Å². The van der Waals surface area contributed by atoms with Gasteiger partial charge in [0.2, 0.25) is 0 Å². The van der Waals surface area contributed by atoms with Crippen molar-refractivity contribution < 1.29 is 9.59 Å². The molecule has 1 aliphatic heterocycles. The number of nitrogens with zero attached hydrogens (tertiary/aromatic N) is 2. The molecule has 2 rings (SSSR count). The van der Waals surface area contributed by atoms with Crippen LogP contribution < -0.4 is 15.5 Å². The Morgan fingerprint density at radius 3 is 2.47 bits per heavy atom. The van der Waals surface area contributed by atoms with Gasteiger partial charge >= 0.3 is 11.9 Å². The molecule has 1 aliphatic rings. The average Bonchev–Trinajstić information content (AvgIpc) is 2.63. The van der Waals surface area contributed by atoms with E-state index >= 15 is 0 Å². The van der Waals surface area contributed by atoms with Crippen LogP contribution in [0.15, 0.2) is 30.3 Å². The van der Waals surface area contributed by atoms with Gasteiger partial charge in [-0.1, -0.05) is 18.2 Å². The van der Waals surface area contributed by atoms with Gasteiger partial charge in [-0.3, -0.25) is 4.79 Å². The third-order valence-corrected chi connectivity index (χ3v) is 2.57. The maximum Gasteiger partial charge on any atom is 0.421 e. The van der Waals surface area contributed by atoms with Crippen LogP contribution in [0.5, 0.6) is 0 Å². The molecule has 2 N–H and O–H groups in total. The molecule has 0 aromatic heterocycles. The summed E-state index contributed by atoms with van der Waals surface area (Å²) in [6, 6.07) is 8.46. The highest BCUT2D eigenvalue weighted by atomic mass is 16.2. The fourth-order valence-corrected chi connectivity index (χ4v) is 1.69. The van der Waals surface area contributed by atoms with Crippen molar-refractivity contribution in [2.75, 3.05) is 13.2 Å². The standard InChI is InChI=1S/C10H10N3O2/c11-10(15)13(6-9(14)12-7-13)8-4-2-1-3-5-8/h1-5H,6-7H2,(H-,11,15)/p+1. The van der Waals surface area contributed by atoms with Gasteiger partial charge in [-0.05, 0) is 12.1 Å². The van der Waals surface area contributed by atoms with Crippen molar-refractivity contribution in [1.82, 2.24) is 9.80 Å². The molecule has 15 heavy (non-hydrogen) atoms. The second-order valence-electron chi connectivity index (χ2n) is 3.49. The second-order valence-corrected chi connectivity index (χ2v) is 3.49. The summed E-state index contributed by atoms with van der Waals surface area (Å²) >= 11 is 0. The summed E-state index contributed by atoms with van der Waals surface area (Å²) in [6.45, 7) is 0.136. The first-order chi connectivity index (χ1) is 7.15. The third-order valence-electron chi connectivity index (χ3n) is 2.57. The van der Waals surface area contributed by atoms with Crippen molar-refractivity contribution in [2.45, 2.75) is 0 Å². The van der Waals surface area contributed by atoms with E-state index in [0.717, 1.165) is 0 Å². The van der Waals surface area contributed by atoms with Gasteiger partial charge in [0.15, 0.2) is 13.2 Å². The Kier molecular flexibility index (Phi) is 2.17. The number of hydrogen-bond donors (Lipinski definition) is 1. The quantitative estimate of drug-likeness (QED) is 0.664. The number of carbonyl (C=O) groups excluding carboxylic acids is 2. The highest BCUT2D eigenvalue weighted by Crippen LogP contribution is 2.24. The Hall–Kier alpha value is -1.88. The SMILES string of the molecule is NC(=O)[N+]1(c2ccccc2)C[N]C(=O)C1. The van der Waals surface area contributed by atoms with Gasteiger partial charge in [-0.15, -0.1) is 0 Å². The summed E-state index contributed by atoms with van der Waals surface area (Å²) < 4.78 is -0.195. The van der Waals surface area contributed by atoms with Crippen LogP contribution >= 0.6 is 0 Å². The van der Waals surface area contributed by atoms with E-state index in [0.29, 0.717) is 5.69 Å². The maximum atomic E-state index is 11.5. The minimum atomic E-state index is -0.546. The van der Waals surface area contributed by atoms with Gasteiger partial charge in [0.05, 0.1) is 0 Å². The molecule has 1 radical (unpaired) electrons. The van der Waals surface area contributed by atoms with Crippen molar-refractivity contribution in [2.24, 2.45) is 5.73 Å². The summed E-state index contributed by atoms with van der Waals surface area (Å²) in [7, 11) is 0. The van der Waals surface area contributed by atoms with Crippen LogP contribution in [0.1, 0.15) is 0 Å². The predicted octanol–water partition coefficient (Wildman–Crippen LogP) is 0.175. The number of carbonyl (C=O) groups is 2. The fraction of sp³-hybridized carbons (Fsp3) is 0.200. The highest BCUT2D eigenvalue weighted by molar-refractivity contribution is 5.95. The molecule has 0 spiro atoms. The second kappa shape index (κ2) is 3.36. The van der Waals surface area contributed by atoms with E-state index in [1.54, 1.807) is 24.3 Å². The zero-order valence-electron chi connectivity index (χ0n) is 8.09. The average molecular weight is 205 g/mol. The lowest BCUT2D eigenvalue weighted by atomic mass is 10.2. The van der Waals surface area contributed by atoms with Crippen molar-refractivity contribution in [3.63, 3.8) is 0 Å². The van der Waals surface area contributed by atoms with E-state index in [1.165, 1.54) is 0 Å². The number of primary amides is 1. The van der Waals surface area contributed by atoms with Gasteiger partial charge in [-0.2, -0.15) is 9.80 Å². The number of urea groups is 1. The summed E-state index contributed by atoms with van der Waals surface area (Å²) in [6.07, 6.45) is 0. The number of benzene rings is 1. The van der Waals surface area contributed by atoms with Crippen LogP contribution in [0, 0.1) is 0 Å². The van der Waals surface area contributed by atoms with Crippen LogP contribution in [0.2, 0.25) is 0 Å². The first kappa shape index (κ1) is 9.67. The number of amides is 3. The molecule has 1 fully saturated rings. The number of nitrogens with two attached hydrogens (primary N) is 1. The highest BCUT2D eigenvalue weighted by Gasteiger charge is 2.46. The molecule has 1 heterocycles. The molecule has 77 valence electrons. The topological polar surface area (TPSA) is 74.3 Å². The van der Waals surface area contributed by atoms with Gasteiger partial charge in [0.1, 0.15) is 5.69 Å².